The quantitative estimate of drug-likeness (QED) is 0.740. The highest BCUT2D eigenvalue weighted by Gasteiger charge is 2.14. The number of fused-ring (bicyclic) bond motifs is 1. The molecule has 0 bridgehead atoms. The molecule has 1 heterocycles. The Morgan fingerprint density at radius 2 is 1.89 bits per heavy atom. The SMILES string of the molecule is CCC(=O)c1ccc2cc(C(C)(C)C)ccc2n1. The molecule has 0 radical (unpaired) electrons. The highest BCUT2D eigenvalue weighted by Crippen LogP contribution is 2.25. The Balaban J connectivity index is 2.52. The average molecular weight is 241 g/mol. The lowest BCUT2D eigenvalue weighted by Gasteiger charge is -2.19. The van der Waals surface area contributed by atoms with Crippen molar-refractivity contribution in [3.05, 3.63) is 41.6 Å². The van der Waals surface area contributed by atoms with Crippen molar-refractivity contribution in [2.24, 2.45) is 0 Å². The maximum absolute atomic E-state index is 11.6. The van der Waals surface area contributed by atoms with Crippen LogP contribution in [0.4, 0.5) is 0 Å². The molecular formula is C16H19NO. The monoisotopic (exact) mass is 241 g/mol. The van der Waals surface area contributed by atoms with Crippen molar-refractivity contribution in [3.63, 3.8) is 0 Å². The summed E-state index contributed by atoms with van der Waals surface area (Å²) in [6.07, 6.45) is 0.499. The first-order chi connectivity index (χ1) is 8.41. The molecule has 0 aliphatic rings. The first-order valence-corrected chi connectivity index (χ1v) is 6.36. The molecule has 0 unspecified atom stereocenters. The zero-order chi connectivity index (χ0) is 13.3. The van der Waals surface area contributed by atoms with Gasteiger partial charge in [-0.2, -0.15) is 0 Å². The van der Waals surface area contributed by atoms with Crippen LogP contribution < -0.4 is 0 Å². The van der Waals surface area contributed by atoms with Crippen LogP contribution in [0.3, 0.4) is 0 Å². The van der Waals surface area contributed by atoms with Crippen molar-refractivity contribution in [2.75, 3.05) is 0 Å². The number of aromatic nitrogens is 1. The van der Waals surface area contributed by atoms with Crippen molar-refractivity contribution in [2.45, 2.75) is 39.5 Å². The molecule has 0 N–H and O–H groups in total. The predicted molar refractivity (Wildman–Crippen MR) is 75.1 cm³/mol. The number of nitrogens with zero attached hydrogens (tertiary/aromatic N) is 1. The topological polar surface area (TPSA) is 30.0 Å². The fourth-order valence-corrected chi connectivity index (χ4v) is 1.93. The Labute approximate surface area is 108 Å². The average Bonchev–Trinajstić information content (AvgIpc) is 2.35. The summed E-state index contributed by atoms with van der Waals surface area (Å²) in [6, 6.07) is 10.1. The van der Waals surface area contributed by atoms with E-state index in [1.807, 2.05) is 25.1 Å². The van der Waals surface area contributed by atoms with Gasteiger partial charge in [0.25, 0.3) is 0 Å². The van der Waals surface area contributed by atoms with Gasteiger partial charge in [0.15, 0.2) is 5.78 Å². The first-order valence-electron chi connectivity index (χ1n) is 6.36. The molecule has 0 saturated carbocycles. The Hall–Kier alpha value is -1.70. The molecule has 2 nitrogen and oxygen atoms in total. The van der Waals surface area contributed by atoms with Crippen molar-refractivity contribution in [1.82, 2.24) is 4.98 Å². The van der Waals surface area contributed by atoms with Crippen LogP contribution in [-0.2, 0) is 5.41 Å². The molecule has 0 amide bonds. The van der Waals surface area contributed by atoms with E-state index in [1.165, 1.54) is 5.56 Å². The van der Waals surface area contributed by atoms with Gasteiger partial charge in [0.1, 0.15) is 5.69 Å². The number of Topliss-reactive ketones (excluding diaryl/α,β-unsaturated/α-hetero) is 1. The van der Waals surface area contributed by atoms with Crippen molar-refractivity contribution in [1.29, 1.82) is 0 Å². The Morgan fingerprint density at radius 1 is 1.17 bits per heavy atom. The first kappa shape index (κ1) is 12.7. The van der Waals surface area contributed by atoms with E-state index in [4.69, 9.17) is 0 Å². The summed E-state index contributed by atoms with van der Waals surface area (Å²) in [4.78, 5) is 16.0. The molecular weight excluding hydrogens is 222 g/mol. The second-order valence-electron chi connectivity index (χ2n) is 5.63. The summed E-state index contributed by atoms with van der Waals surface area (Å²) in [5.74, 6) is 0.0943. The molecule has 1 aromatic carbocycles. The number of rotatable bonds is 2. The third-order valence-corrected chi connectivity index (χ3v) is 3.16. The van der Waals surface area contributed by atoms with Gasteiger partial charge >= 0.3 is 0 Å². The minimum Gasteiger partial charge on any atom is -0.292 e. The fourth-order valence-electron chi connectivity index (χ4n) is 1.93. The van der Waals surface area contributed by atoms with Gasteiger partial charge in [0.05, 0.1) is 5.52 Å². The summed E-state index contributed by atoms with van der Waals surface area (Å²) in [5, 5.41) is 1.09. The number of carbonyl (C=O) groups excluding carboxylic acids is 1. The van der Waals surface area contributed by atoms with E-state index < -0.39 is 0 Å². The molecule has 2 heteroatoms. The van der Waals surface area contributed by atoms with Gasteiger partial charge in [-0.25, -0.2) is 4.98 Å². The minimum atomic E-state index is 0.0943. The number of carbonyl (C=O) groups is 1. The van der Waals surface area contributed by atoms with Crippen LogP contribution in [0.25, 0.3) is 10.9 Å². The minimum absolute atomic E-state index is 0.0943. The van der Waals surface area contributed by atoms with Crippen LogP contribution in [-0.4, -0.2) is 10.8 Å². The van der Waals surface area contributed by atoms with Crippen molar-refractivity contribution >= 4 is 16.7 Å². The summed E-state index contributed by atoms with van der Waals surface area (Å²) in [7, 11) is 0. The fraction of sp³-hybridized carbons (Fsp3) is 0.375. The molecule has 18 heavy (non-hydrogen) atoms. The molecule has 0 aliphatic heterocycles. The van der Waals surface area contributed by atoms with Crippen LogP contribution in [0, 0.1) is 0 Å². The second kappa shape index (κ2) is 4.52. The van der Waals surface area contributed by atoms with Gasteiger partial charge in [-0.3, -0.25) is 4.79 Å². The summed E-state index contributed by atoms with van der Waals surface area (Å²) < 4.78 is 0. The molecule has 0 saturated heterocycles. The largest absolute Gasteiger partial charge is 0.292 e. The van der Waals surface area contributed by atoms with E-state index >= 15 is 0 Å². The van der Waals surface area contributed by atoms with E-state index in [0.717, 1.165) is 10.9 Å². The Morgan fingerprint density at radius 3 is 2.50 bits per heavy atom. The Kier molecular flexibility index (Phi) is 3.20. The standard InChI is InChI=1S/C16H19NO/c1-5-15(18)14-8-6-11-10-12(16(2,3)4)7-9-13(11)17-14/h6-10H,5H2,1-4H3. The summed E-state index contributed by atoms with van der Waals surface area (Å²) in [6.45, 7) is 8.43. The third-order valence-electron chi connectivity index (χ3n) is 3.16. The lowest BCUT2D eigenvalue weighted by Crippen LogP contribution is -2.10. The highest BCUT2D eigenvalue weighted by molar-refractivity contribution is 5.96. The molecule has 0 atom stereocenters. The lowest BCUT2D eigenvalue weighted by molar-refractivity contribution is 0.0984. The third kappa shape index (κ3) is 2.42. The van der Waals surface area contributed by atoms with E-state index in [-0.39, 0.29) is 11.2 Å². The van der Waals surface area contributed by atoms with Crippen molar-refractivity contribution < 1.29 is 4.79 Å². The van der Waals surface area contributed by atoms with Crippen LogP contribution in [0.2, 0.25) is 0 Å². The van der Waals surface area contributed by atoms with Crippen LogP contribution in [0.15, 0.2) is 30.3 Å². The van der Waals surface area contributed by atoms with Gasteiger partial charge in [0.2, 0.25) is 0 Å². The number of ketones is 1. The number of hydrogen-bond acceptors (Lipinski definition) is 2. The normalized spacial score (nSPS) is 11.8. The van der Waals surface area contributed by atoms with E-state index in [2.05, 4.69) is 37.9 Å². The maximum Gasteiger partial charge on any atom is 0.180 e. The molecule has 1 aromatic heterocycles. The van der Waals surface area contributed by atoms with Crippen LogP contribution >= 0.6 is 0 Å². The van der Waals surface area contributed by atoms with E-state index in [1.54, 1.807) is 0 Å². The molecule has 0 fully saturated rings. The molecule has 2 aromatic rings. The number of benzene rings is 1. The smallest absolute Gasteiger partial charge is 0.180 e. The zero-order valence-electron chi connectivity index (χ0n) is 11.4. The van der Waals surface area contributed by atoms with E-state index in [9.17, 15) is 4.79 Å². The lowest BCUT2D eigenvalue weighted by atomic mass is 9.86. The summed E-state index contributed by atoms with van der Waals surface area (Å²) >= 11 is 0. The van der Waals surface area contributed by atoms with Crippen LogP contribution in [0.1, 0.15) is 50.2 Å². The summed E-state index contributed by atoms with van der Waals surface area (Å²) in [5.41, 5.74) is 2.87. The van der Waals surface area contributed by atoms with Gasteiger partial charge in [-0.1, -0.05) is 39.8 Å². The van der Waals surface area contributed by atoms with Gasteiger partial charge in [0, 0.05) is 11.8 Å². The molecule has 0 spiro atoms. The maximum atomic E-state index is 11.6. The predicted octanol–water partition coefficient (Wildman–Crippen LogP) is 4.13. The second-order valence-corrected chi connectivity index (χ2v) is 5.63. The molecule has 94 valence electrons. The number of pyridine rings is 1. The van der Waals surface area contributed by atoms with E-state index in [0.29, 0.717) is 12.1 Å². The highest BCUT2D eigenvalue weighted by atomic mass is 16.1. The molecule has 2 rings (SSSR count). The van der Waals surface area contributed by atoms with Gasteiger partial charge < -0.3 is 0 Å². The van der Waals surface area contributed by atoms with Gasteiger partial charge in [-0.15, -0.1) is 0 Å². The van der Waals surface area contributed by atoms with Crippen molar-refractivity contribution in [3.8, 4) is 0 Å². The van der Waals surface area contributed by atoms with Crippen LogP contribution in [0.5, 0.6) is 0 Å². The zero-order valence-corrected chi connectivity index (χ0v) is 11.4. The molecule has 0 aliphatic carbocycles. The van der Waals surface area contributed by atoms with Gasteiger partial charge in [-0.05, 0) is 29.2 Å². The Bertz CT molecular complexity index is 594. The number of hydrogen-bond donors (Lipinski definition) is 0.